The fourth-order valence-electron chi connectivity index (χ4n) is 3.61. The molecule has 0 aromatic heterocycles. The van der Waals surface area contributed by atoms with E-state index in [0.717, 1.165) is 9.13 Å². The lowest BCUT2D eigenvalue weighted by Gasteiger charge is -2.23. The Bertz CT molecular complexity index is 981. The highest BCUT2D eigenvalue weighted by atomic mass is 127. The molecule has 2 aromatic carbocycles. The summed E-state index contributed by atoms with van der Waals surface area (Å²) in [5, 5.41) is 14.6. The first-order chi connectivity index (χ1) is 15.3. The molecule has 2 atom stereocenters. The van der Waals surface area contributed by atoms with E-state index in [1.165, 1.54) is 4.90 Å². The van der Waals surface area contributed by atoms with Crippen molar-refractivity contribution >= 4 is 46.3 Å². The van der Waals surface area contributed by atoms with Gasteiger partial charge in [0.05, 0.1) is 6.54 Å². The average Bonchev–Trinajstić information content (AvgIpc) is 3.28. The molecule has 1 aliphatic heterocycles. The molecule has 1 aliphatic rings. The number of hydrogen-bond donors (Lipinski definition) is 3. The van der Waals surface area contributed by atoms with Crippen LogP contribution in [-0.2, 0) is 20.8 Å². The van der Waals surface area contributed by atoms with Crippen LogP contribution in [0.2, 0.25) is 0 Å². The topological polar surface area (TPSA) is 116 Å². The minimum atomic E-state index is -1.05. The molecular formula is C23H24IN3O5. The highest BCUT2D eigenvalue weighted by Crippen LogP contribution is 2.17. The van der Waals surface area contributed by atoms with Crippen LogP contribution in [0, 0.1) is 3.57 Å². The van der Waals surface area contributed by atoms with E-state index in [1.54, 1.807) is 24.3 Å². The van der Waals surface area contributed by atoms with Gasteiger partial charge in [0.2, 0.25) is 11.8 Å². The van der Waals surface area contributed by atoms with Crippen LogP contribution in [0.1, 0.15) is 28.8 Å². The number of nitrogens with zero attached hydrogens (tertiary/aromatic N) is 1. The maximum atomic E-state index is 12.9. The third-order valence-corrected chi connectivity index (χ3v) is 6.00. The highest BCUT2D eigenvalue weighted by molar-refractivity contribution is 14.1. The molecule has 3 amide bonds. The number of nitrogens with one attached hydrogen (secondary N) is 2. The number of benzene rings is 2. The van der Waals surface area contributed by atoms with Gasteiger partial charge in [-0.15, -0.1) is 0 Å². The van der Waals surface area contributed by atoms with Gasteiger partial charge in [0.15, 0.2) is 0 Å². The van der Waals surface area contributed by atoms with Gasteiger partial charge >= 0.3 is 5.97 Å². The van der Waals surface area contributed by atoms with Crippen molar-refractivity contribution in [1.82, 2.24) is 15.5 Å². The van der Waals surface area contributed by atoms with Gasteiger partial charge in [-0.1, -0.05) is 30.3 Å². The lowest BCUT2D eigenvalue weighted by atomic mass is 10.0. The second-order valence-corrected chi connectivity index (χ2v) is 8.77. The summed E-state index contributed by atoms with van der Waals surface area (Å²) in [6.07, 6.45) is 1.26. The molecular weight excluding hydrogens is 525 g/mol. The Hall–Kier alpha value is -2.95. The van der Waals surface area contributed by atoms with Crippen LogP contribution in [0.15, 0.2) is 54.6 Å². The minimum Gasteiger partial charge on any atom is -0.480 e. The number of rotatable bonds is 8. The molecule has 0 spiro atoms. The SMILES string of the molecule is O=C(N[C@@H](Cc1ccccc1)C(=O)NCC(=O)N1CCC[C@H]1C(=O)O)c1ccc(I)cc1. The maximum Gasteiger partial charge on any atom is 0.326 e. The molecule has 0 saturated carbocycles. The lowest BCUT2D eigenvalue weighted by molar-refractivity contribution is -0.148. The smallest absolute Gasteiger partial charge is 0.326 e. The van der Waals surface area contributed by atoms with Crippen molar-refractivity contribution in [3.05, 3.63) is 69.3 Å². The molecule has 0 bridgehead atoms. The number of carboxylic acids is 1. The van der Waals surface area contributed by atoms with E-state index in [-0.39, 0.29) is 13.0 Å². The number of carbonyl (C=O) groups excluding carboxylic acids is 3. The Morgan fingerprint density at radius 3 is 2.41 bits per heavy atom. The first-order valence-corrected chi connectivity index (χ1v) is 11.3. The third-order valence-electron chi connectivity index (χ3n) is 5.28. The summed E-state index contributed by atoms with van der Waals surface area (Å²) in [5.74, 6) is -2.40. The van der Waals surface area contributed by atoms with Crippen molar-refractivity contribution in [1.29, 1.82) is 0 Å². The lowest BCUT2D eigenvalue weighted by Crippen LogP contribution is -2.51. The second-order valence-electron chi connectivity index (χ2n) is 7.52. The third kappa shape index (κ3) is 6.28. The molecule has 8 nitrogen and oxygen atoms in total. The zero-order chi connectivity index (χ0) is 23.1. The van der Waals surface area contributed by atoms with Crippen LogP contribution in [0.5, 0.6) is 0 Å². The van der Waals surface area contributed by atoms with Crippen LogP contribution in [0.4, 0.5) is 0 Å². The fourth-order valence-corrected chi connectivity index (χ4v) is 3.97. The summed E-state index contributed by atoms with van der Waals surface area (Å²) in [6, 6.07) is 14.4. The van der Waals surface area contributed by atoms with Crippen molar-refractivity contribution in [2.45, 2.75) is 31.3 Å². The second kappa shape index (κ2) is 11.1. The zero-order valence-electron chi connectivity index (χ0n) is 17.3. The van der Waals surface area contributed by atoms with Gasteiger partial charge in [0.25, 0.3) is 5.91 Å². The Morgan fingerprint density at radius 1 is 1.06 bits per heavy atom. The molecule has 0 unspecified atom stereocenters. The molecule has 9 heteroatoms. The van der Waals surface area contributed by atoms with Crippen LogP contribution in [-0.4, -0.2) is 58.9 Å². The minimum absolute atomic E-state index is 0.248. The molecule has 168 valence electrons. The highest BCUT2D eigenvalue weighted by Gasteiger charge is 2.34. The number of likely N-dealkylation sites (tertiary alicyclic amines) is 1. The maximum absolute atomic E-state index is 12.9. The van der Waals surface area contributed by atoms with Crippen LogP contribution in [0.3, 0.4) is 0 Å². The van der Waals surface area contributed by atoms with Crippen molar-refractivity contribution < 1.29 is 24.3 Å². The zero-order valence-corrected chi connectivity index (χ0v) is 19.4. The summed E-state index contributed by atoms with van der Waals surface area (Å²) in [5.41, 5.74) is 1.28. The Balaban J connectivity index is 1.67. The molecule has 2 aromatic rings. The van der Waals surface area contributed by atoms with Gasteiger partial charge in [-0.05, 0) is 65.3 Å². The van der Waals surface area contributed by atoms with Crippen molar-refractivity contribution in [3.63, 3.8) is 0 Å². The standard InChI is InChI=1S/C23H24IN3O5/c24-17-10-8-16(9-11-17)21(29)26-18(13-15-5-2-1-3-6-15)22(30)25-14-20(28)27-12-4-7-19(27)23(31)32/h1-3,5-6,8-11,18-19H,4,7,12-14H2,(H,25,30)(H,26,29)(H,31,32)/t18-,19-/m0/s1. The molecule has 0 aliphatic carbocycles. The quantitative estimate of drug-likeness (QED) is 0.435. The van der Waals surface area contributed by atoms with Gasteiger partial charge in [-0.25, -0.2) is 4.79 Å². The molecule has 1 saturated heterocycles. The average molecular weight is 549 g/mol. The monoisotopic (exact) mass is 549 g/mol. The van der Waals surface area contributed by atoms with E-state index in [1.807, 2.05) is 30.3 Å². The number of carboxylic acid groups (broad SMARTS) is 1. The molecule has 3 rings (SSSR count). The van der Waals surface area contributed by atoms with Gasteiger partial charge < -0.3 is 20.6 Å². The fraction of sp³-hybridized carbons (Fsp3) is 0.304. The predicted octanol–water partition coefficient (Wildman–Crippen LogP) is 1.82. The van der Waals surface area contributed by atoms with E-state index in [4.69, 9.17) is 0 Å². The number of hydrogen-bond acceptors (Lipinski definition) is 4. The Kier molecular flexibility index (Phi) is 8.20. The Labute approximate surface area is 199 Å². The van der Waals surface area contributed by atoms with Gasteiger partial charge in [-0.2, -0.15) is 0 Å². The van der Waals surface area contributed by atoms with Crippen molar-refractivity contribution in [2.24, 2.45) is 0 Å². The number of halogens is 1. The van der Waals surface area contributed by atoms with E-state index in [2.05, 4.69) is 33.2 Å². The molecule has 0 radical (unpaired) electrons. The Morgan fingerprint density at radius 2 is 1.75 bits per heavy atom. The van der Waals surface area contributed by atoms with Crippen LogP contribution < -0.4 is 10.6 Å². The normalized spacial score (nSPS) is 16.3. The molecule has 1 heterocycles. The van der Waals surface area contributed by atoms with Gasteiger partial charge in [0, 0.05) is 22.1 Å². The summed E-state index contributed by atoms with van der Waals surface area (Å²) in [7, 11) is 0. The van der Waals surface area contributed by atoms with Crippen LogP contribution in [0.25, 0.3) is 0 Å². The van der Waals surface area contributed by atoms with Gasteiger partial charge in [0.1, 0.15) is 12.1 Å². The van der Waals surface area contributed by atoms with Gasteiger partial charge in [-0.3, -0.25) is 14.4 Å². The largest absolute Gasteiger partial charge is 0.480 e. The summed E-state index contributed by atoms with van der Waals surface area (Å²) < 4.78 is 0.984. The van der Waals surface area contributed by atoms with Crippen molar-refractivity contribution in [2.75, 3.05) is 13.1 Å². The molecule has 1 fully saturated rings. The van der Waals surface area contributed by atoms with Crippen molar-refractivity contribution in [3.8, 4) is 0 Å². The van der Waals surface area contributed by atoms with E-state index >= 15 is 0 Å². The summed E-state index contributed by atoms with van der Waals surface area (Å²) >= 11 is 2.14. The molecule has 32 heavy (non-hydrogen) atoms. The van der Waals surface area contributed by atoms with Crippen LogP contribution >= 0.6 is 22.6 Å². The van der Waals surface area contributed by atoms with E-state index in [0.29, 0.717) is 24.9 Å². The number of aliphatic carboxylic acids is 1. The summed E-state index contributed by atoms with van der Waals surface area (Å²) in [4.78, 5) is 50.7. The first-order valence-electron chi connectivity index (χ1n) is 10.3. The van der Waals surface area contributed by atoms with E-state index < -0.39 is 35.8 Å². The van der Waals surface area contributed by atoms with E-state index in [9.17, 15) is 24.3 Å². The first kappa shape index (κ1) is 23.7. The number of carbonyl (C=O) groups is 4. The predicted molar refractivity (Wildman–Crippen MR) is 126 cm³/mol. The summed E-state index contributed by atoms with van der Waals surface area (Å²) in [6.45, 7) is 0.0238. The molecule has 3 N–H and O–H groups in total. The number of amides is 3.